The van der Waals surface area contributed by atoms with Crippen LogP contribution in [0.1, 0.15) is 48.7 Å². The Bertz CT molecular complexity index is 1080. The zero-order valence-corrected chi connectivity index (χ0v) is 24.5. The Hall–Kier alpha value is -3.14. The molecule has 220 valence electrons. The first-order valence-corrected chi connectivity index (χ1v) is 14.0. The molecule has 2 N–H and O–H groups in total. The van der Waals surface area contributed by atoms with Crippen LogP contribution in [0.5, 0.6) is 11.5 Å². The van der Waals surface area contributed by atoms with Gasteiger partial charge < -0.3 is 34.4 Å². The zero-order chi connectivity index (χ0) is 29.1. The smallest absolute Gasteiger partial charge is 0.254 e. The van der Waals surface area contributed by atoms with Crippen molar-refractivity contribution in [3.05, 3.63) is 59.7 Å². The maximum atomic E-state index is 13.7. The van der Waals surface area contributed by atoms with E-state index in [0.717, 1.165) is 25.1 Å². The van der Waals surface area contributed by atoms with Crippen LogP contribution in [-0.4, -0.2) is 93.4 Å². The molecule has 3 atom stereocenters. The van der Waals surface area contributed by atoms with E-state index in [-0.39, 0.29) is 36.1 Å². The number of carbonyl (C=O) groups excluding carboxylic acids is 2. The average molecular weight is 556 g/mol. The van der Waals surface area contributed by atoms with Crippen LogP contribution in [-0.2, 0) is 9.53 Å². The molecule has 2 aromatic carbocycles. The van der Waals surface area contributed by atoms with Gasteiger partial charge in [0.05, 0.1) is 26.2 Å². The molecule has 0 aliphatic carbocycles. The van der Waals surface area contributed by atoms with Gasteiger partial charge in [0.2, 0.25) is 5.91 Å². The summed E-state index contributed by atoms with van der Waals surface area (Å²) in [4.78, 5) is 30.2. The number of aliphatic hydroxyl groups excluding tert-OH is 1. The summed E-state index contributed by atoms with van der Waals surface area (Å²) in [5.41, 5.74) is 1.28. The Kier molecular flexibility index (Phi) is 12.2. The molecule has 2 amide bonds. The third kappa shape index (κ3) is 8.68. The monoisotopic (exact) mass is 555 g/mol. The lowest BCUT2D eigenvalue weighted by Crippen LogP contribution is -2.44. The number of methoxy groups -OCH3 is 2. The minimum Gasteiger partial charge on any atom is -0.493 e. The molecule has 0 radical (unpaired) electrons. The van der Waals surface area contributed by atoms with E-state index in [0.29, 0.717) is 43.4 Å². The van der Waals surface area contributed by atoms with Crippen LogP contribution >= 0.6 is 0 Å². The van der Waals surface area contributed by atoms with Crippen molar-refractivity contribution >= 4 is 11.8 Å². The molecular weight excluding hydrogens is 510 g/mol. The number of hydrogen-bond donors (Lipinski definition) is 2. The third-order valence-electron chi connectivity index (χ3n) is 7.44. The number of benzene rings is 2. The number of amides is 2. The summed E-state index contributed by atoms with van der Waals surface area (Å²) < 4.78 is 16.4. The van der Waals surface area contributed by atoms with Gasteiger partial charge in [-0.2, -0.15) is 0 Å². The summed E-state index contributed by atoms with van der Waals surface area (Å²) in [6.07, 6.45) is -0.0650. The number of ether oxygens (including phenoxy) is 3. The molecule has 1 heterocycles. The van der Waals surface area contributed by atoms with Gasteiger partial charge in [0, 0.05) is 65.0 Å². The maximum Gasteiger partial charge on any atom is 0.254 e. The molecule has 3 rings (SSSR count). The topological polar surface area (TPSA) is 101 Å². The molecule has 9 nitrogen and oxygen atoms in total. The predicted molar refractivity (Wildman–Crippen MR) is 155 cm³/mol. The minimum atomic E-state index is -0.832. The van der Waals surface area contributed by atoms with Crippen molar-refractivity contribution < 1.29 is 28.9 Å². The Morgan fingerprint density at radius 3 is 2.35 bits per heavy atom. The first kappa shape index (κ1) is 31.4. The fourth-order valence-electron chi connectivity index (χ4n) is 5.04. The number of aliphatic hydroxyl groups is 1. The molecule has 0 saturated carbocycles. The molecule has 2 aromatic rings. The van der Waals surface area contributed by atoms with Gasteiger partial charge >= 0.3 is 0 Å². The lowest BCUT2D eigenvalue weighted by Gasteiger charge is -2.33. The summed E-state index contributed by atoms with van der Waals surface area (Å²) in [6.45, 7) is 7.74. The van der Waals surface area contributed by atoms with Gasteiger partial charge in [-0.1, -0.05) is 30.3 Å². The quantitative estimate of drug-likeness (QED) is 0.325. The van der Waals surface area contributed by atoms with Crippen molar-refractivity contribution in [2.45, 2.75) is 38.8 Å². The van der Waals surface area contributed by atoms with Crippen LogP contribution in [0.2, 0.25) is 0 Å². The highest BCUT2D eigenvalue weighted by molar-refractivity contribution is 5.95. The summed E-state index contributed by atoms with van der Waals surface area (Å²) >= 11 is 0. The van der Waals surface area contributed by atoms with Crippen LogP contribution in [0.15, 0.2) is 48.5 Å². The van der Waals surface area contributed by atoms with Crippen LogP contribution in [0.4, 0.5) is 0 Å². The molecule has 40 heavy (non-hydrogen) atoms. The number of rotatable bonds is 15. The fourth-order valence-corrected chi connectivity index (χ4v) is 5.04. The zero-order valence-electron chi connectivity index (χ0n) is 24.5. The van der Waals surface area contributed by atoms with Crippen molar-refractivity contribution in [3.63, 3.8) is 0 Å². The van der Waals surface area contributed by atoms with E-state index in [2.05, 4.69) is 5.32 Å². The number of nitrogens with zero attached hydrogens (tertiary/aromatic N) is 2. The molecule has 0 bridgehead atoms. The highest BCUT2D eigenvalue weighted by Gasteiger charge is 2.33. The second kappa shape index (κ2) is 15.6. The van der Waals surface area contributed by atoms with Gasteiger partial charge in [0.25, 0.3) is 5.91 Å². The van der Waals surface area contributed by atoms with E-state index >= 15 is 0 Å². The number of carbonyl (C=O) groups is 2. The number of hydrogen-bond acceptors (Lipinski definition) is 7. The highest BCUT2D eigenvalue weighted by atomic mass is 16.5. The standard InChI is InChI=1S/C31H45N3O6/c1-22(2)34(31(37)24-12-13-28(39-5)29(16-24)40-15-9-14-38-4)21-26-19-32-18-25(26)20-33(3)30(36)17-27(35)23-10-7-6-8-11-23/h6-8,10-13,16,22,25-27,32,35H,9,14-15,17-21H2,1-5H3/t25-,26-,27+/m0/s1. The van der Waals surface area contributed by atoms with Crippen LogP contribution in [0.25, 0.3) is 0 Å². The van der Waals surface area contributed by atoms with Crippen molar-refractivity contribution in [1.29, 1.82) is 0 Å². The Labute approximate surface area is 238 Å². The summed E-state index contributed by atoms with van der Waals surface area (Å²) in [7, 11) is 5.01. The largest absolute Gasteiger partial charge is 0.493 e. The van der Waals surface area contributed by atoms with Crippen LogP contribution in [0.3, 0.4) is 0 Å². The average Bonchev–Trinajstić information content (AvgIpc) is 3.40. The molecule has 0 spiro atoms. The molecule has 1 saturated heterocycles. The number of nitrogens with one attached hydrogen (secondary N) is 1. The Morgan fingerprint density at radius 1 is 1.00 bits per heavy atom. The Balaban J connectivity index is 1.64. The van der Waals surface area contributed by atoms with Crippen LogP contribution < -0.4 is 14.8 Å². The third-order valence-corrected chi connectivity index (χ3v) is 7.44. The van der Waals surface area contributed by atoms with E-state index < -0.39 is 6.10 Å². The molecule has 1 aliphatic heterocycles. The van der Waals surface area contributed by atoms with E-state index in [9.17, 15) is 14.7 Å². The lowest BCUT2D eigenvalue weighted by molar-refractivity contribution is -0.132. The van der Waals surface area contributed by atoms with E-state index in [1.807, 2.05) is 49.1 Å². The molecule has 0 aromatic heterocycles. The van der Waals surface area contributed by atoms with E-state index in [1.165, 1.54) is 0 Å². The summed E-state index contributed by atoms with van der Waals surface area (Å²) in [6, 6.07) is 14.5. The van der Waals surface area contributed by atoms with Gasteiger partial charge in [-0.15, -0.1) is 0 Å². The van der Waals surface area contributed by atoms with Gasteiger partial charge in [-0.05, 0) is 49.4 Å². The second-order valence-electron chi connectivity index (χ2n) is 10.7. The summed E-state index contributed by atoms with van der Waals surface area (Å²) in [5.74, 6) is 1.31. The molecule has 1 fully saturated rings. The van der Waals surface area contributed by atoms with Crippen molar-refractivity contribution in [2.75, 3.05) is 60.7 Å². The van der Waals surface area contributed by atoms with Crippen molar-refractivity contribution in [1.82, 2.24) is 15.1 Å². The summed E-state index contributed by atoms with van der Waals surface area (Å²) in [5, 5.41) is 13.9. The molecule has 1 aliphatic rings. The SMILES string of the molecule is COCCCOc1cc(C(=O)N(C[C@@H]2CNC[C@H]2CN(C)C(=O)C[C@@H](O)c2ccccc2)C(C)C)ccc1OC. The van der Waals surface area contributed by atoms with Gasteiger partial charge in [-0.25, -0.2) is 0 Å². The highest BCUT2D eigenvalue weighted by Crippen LogP contribution is 2.30. The van der Waals surface area contributed by atoms with E-state index in [4.69, 9.17) is 14.2 Å². The second-order valence-corrected chi connectivity index (χ2v) is 10.7. The predicted octanol–water partition coefficient (Wildman–Crippen LogP) is 3.38. The van der Waals surface area contributed by atoms with Crippen molar-refractivity contribution in [3.8, 4) is 11.5 Å². The normalized spacial score (nSPS) is 17.5. The van der Waals surface area contributed by atoms with Crippen LogP contribution in [0, 0.1) is 11.8 Å². The van der Waals surface area contributed by atoms with Gasteiger partial charge in [-0.3, -0.25) is 9.59 Å². The van der Waals surface area contributed by atoms with Gasteiger partial charge in [0.15, 0.2) is 11.5 Å². The lowest BCUT2D eigenvalue weighted by atomic mass is 9.93. The van der Waals surface area contributed by atoms with Gasteiger partial charge in [0.1, 0.15) is 0 Å². The fraction of sp³-hybridized carbons (Fsp3) is 0.548. The molecule has 9 heteroatoms. The first-order chi connectivity index (χ1) is 19.2. The van der Waals surface area contributed by atoms with E-state index in [1.54, 1.807) is 44.4 Å². The molecule has 0 unspecified atom stereocenters. The molecular formula is C31H45N3O6. The Morgan fingerprint density at radius 2 is 1.70 bits per heavy atom. The van der Waals surface area contributed by atoms with Crippen molar-refractivity contribution in [2.24, 2.45) is 11.8 Å². The first-order valence-electron chi connectivity index (χ1n) is 14.0. The maximum absolute atomic E-state index is 13.7. The minimum absolute atomic E-state index is 0.0118.